The Bertz CT molecular complexity index is 857. The fourth-order valence-corrected chi connectivity index (χ4v) is 2.80. The van der Waals surface area contributed by atoms with Gasteiger partial charge in [-0.1, -0.05) is 0 Å². The molecular formula is C15H15N7O. The predicted octanol–water partition coefficient (Wildman–Crippen LogP) is 0.508. The number of H-pyrrole nitrogens is 2. The predicted molar refractivity (Wildman–Crippen MR) is 82.3 cm³/mol. The van der Waals surface area contributed by atoms with Gasteiger partial charge in [-0.3, -0.25) is 14.8 Å². The van der Waals surface area contributed by atoms with Crippen LogP contribution in [0, 0.1) is 0 Å². The quantitative estimate of drug-likeness (QED) is 0.730. The third-order valence-corrected chi connectivity index (χ3v) is 3.94. The van der Waals surface area contributed by atoms with Gasteiger partial charge in [-0.15, -0.1) is 0 Å². The molecule has 0 bridgehead atoms. The molecule has 4 heterocycles. The lowest BCUT2D eigenvalue weighted by molar-refractivity contribution is 0.242. The summed E-state index contributed by atoms with van der Waals surface area (Å²) in [5.41, 5.74) is 3.33. The first-order valence-corrected chi connectivity index (χ1v) is 7.37. The van der Waals surface area contributed by atoms with Crippen LogP contribution < -0.4 is 5.56 Å². The van der Waals surface area contributed by atoms with E-state index in [0.717, 1.165) is 36.3 Å². The number of fused-ring (bicyclic) bond motifs is 1. The number of nitrogens with zero attached hydrogens (tertiary/aromatic N) is 5. The summed E-state index contributed by atoms with van der Waals surface area (Å²) in [7, 11) is 0. The van der Waals surface area contributed by atoms with Crippen LogP contribution in [0.1, 0.15) is 16.8 Å². The van der Waals surface area contributed by atoms with E-state index in [4.69, 9.17) is 0 Å². The highest BCUT2D eigenvalue weighted by molar-refractivity contribution is 5.52. The van der Waals surface area contributed by atoms with Crippen molar-refractivity contribution in [3.8, 4) is 11.4 Å². The van der Waals surface area contributed by atoms with Crippen molar-refractivity contribution in [2.24, 2.45) is 0 Å². The van der Waals surface area contributed by atoms with E-state index in [2.05, 4.69) is 35.0 Å². The molecule has 3 aromatic rings. The van der Waals surface area contributed by atoms with Crippen LogP contribution in [0.25, 0.3) is 11.4 Å². The first-order chi connectivity index (χ1) is 11.3. The first kappa shape index (κ1) is 13.8. The number of hydrogen-bond acceptors (Lipinski definition) is 6. The molecule has 0 saturated carbocycles. The second kappa shape index (κ2) is 5.73. The Balaban J connectivity index is 1.62. The lowest BCUT2D eigenvalue weighted by Gasteiger charge is -2.27. The Morgan fingerprint density at radius 1 is 1.22 bits per heavy atom. The Labute approximate surface area is 131 Å². The van der Waals surface area contributed by atoms with E-state index in [-0.39, 0.29) is 5.56 Å². The van der Waals surface area contributed by atoms with E-state index in [1.54, 1.807) is 18.6 Å². The number of nitrogens with one attached hydrogen (secondary N) is 2. The van der Waals surface area contributed by atoms with Gasteiger partial charge in [-0.25, -0.2) is 15.0 Å². The second-order valence-corrected chi connectivity index (χ2v) is 5.53. The van der Waals surface area contributed by atoms with Gasteiger partial charge in [0.25, 0.3) is 5.56 Å². The van der Waals surface area contributed by atoms with E-state index >= 15 is 0 Å². The van der Waals surface area contributed by atoms with Crippen LogP contribution in [-0.4, -0.2) is 41.6 Å². The summed E-state index contributed by atoms with van der Waals surface area (Å²) in [6.07, 6.45) is 9.16. The maximum atomic E-state index is 12.4. The molecule has 23 heavy (non-hydrogen) atoms. The summed E-state index contributed by atoms with van der Waals surface area (Å²) in [6.45, 7) is 2.22. The molecule has 0 atom stereocenters. The molecule has 0 radical (unpaired) electrons. The normalized spacial score (nSPS) is 14.6. The zero-order chi connectivity index (χ0) is 15.6. The van der Waals surface area contributed by atoms with Gasteiger partial charge in [0.05, 0.1) is 23.0 Å². The van der Waals surface area contributed by atoms with Crippen molar-refractivity contribution in [1.29, 1.82) is 0 Å². The van der Waals surface area contributed by atoms with E-state index in [9.17, 15) is 4.79 Å². The van der Waals surface area contributed by atoms with Crippen LogP contribution in [0.5, 0.6) is 0 Å². The molecule has 4 rings (SSSR count). The van der Waals surface area contributed by atoms with Crippen molar-refractivity contribution in [2.45, 2.75) is 19.5 Å². The molecule has 1 aliphatic heterocycles. The average molecular weight is 309 g/mol. The van der Waals surface area contributed by atoms with Crippen LogP contribution in [0.3, 0.4) is 0 Å². The summed E-state index contributed by atoms with van der Waals surface area (Å²) in [4.78, 5) is 30.0. The fraction of sp³-hybridized carbons (Fsp3) is 0.267. The molecule has 1 aliphatic rings. The molecule has 3 aromatic heterocycles. The number of hydrogen-bond donors (Lipinski definition) is 2. The lowest BCUT2D eigenvalue weighted by Crippen LogP contribution is -2.35. The molecule has 0 aromatic carbocycles. The molecule has 8 heteroatoms. The van der Waals surface area contributed by atoms with E-state index in [1.807, 2.05) is 6.20 Å². The van der Waals surface area contributed by atoms with Gasteiger partial charge in [0.15, 0.2) is 0 Å². The zero-order valence-electron chi connectivity index (χ0n) is 12.4. The van der Waals surface area contributed by atoms with Crippen LogP contribution in [0.15, 0.2) is 35.9 Å². The molecule has 0 amide bonds. The molecule has 0 fully saturated rings. The first-order valence-electron chi connectivity index (χ1n) is 7.37. The highest BCUT2D eigenvalue weighted by Crippen LogP contribution is 2.18. The van der Waals surface area contributed by atoms with Crippen molar-refractivity contribution in [1.82, 2.24) is 35.0 Å². The summed E-state index contributed by atoms with van der Waals surface area (Å²) in [6, 6.07) is 0. The van der Waals surface area contributed by atoms with Gasteiger partial charge in [0.1, 0.15) is 12.2 Å². The second-order valence-electron chi connectivity index (χ2n) is 5.53. The Morgan fingerprint density at radius 2 is 2.09 bits per heavy atom. The van der Waals surface area contributed by atoms with Crippen LogP contribution in [-0.2, 0) is 19.5 Å². The smallest absolute Gasteiger partial charge is 0.255 e. The summed E-state index contributed by atoms with van der Waals surface area (Å²) < 4.78 is 0. The fourth-order valence-electron chi connectivity index (χ4n) is 2.80. The minimum Gasteiger partial charge on any atom is -0.306 e. The molecule has 0 saturated heterocycles. The topological polar surface area (TPSA) is 103 Å². The van der Waals surface area contributed by atoms with Gasteiger partial charge in [0.2, 0.25) is 0 Å². The van der Waals surface area contributed by atoms with E-state index < -0.39 is 0 Å². The maximum Gasteiger partial charge on any atom is 0.255 e. The highest BCUT2D eigenvalue weighted by atomic mass is 16.1. The van der Waals surface area contributed by atoms with Crippen molar-refractivity contribution in [3.63, 3.8) is 0 Å². The van der Waals surface area contributed by atoms with E-state index in [0.29, 0.717) is 17.9 Å². The monoisotopic (exact) mass is 309 g/mol. The Kier molecular flexibility index (Phi) is 3.43. The minimum atomic E-state index is -0.0919. The van der Waals surface area contributed by atoms with Gasteiger partial charge in [0, 0.05) is 50.2 Å². The highest BCUT2D eigenvalue weighted by Gasteiger charge is 2.21. The van der Waals surface area contributed by atoms with Crippen molar-refractivity contribution in [3.05, 3.63) is 58.3 Å². The number of aromatic nitrogens is 6. The number of aromatic amines is 2. The molecule has 0 aliphatic carbocycles. The summed E-state index contributed by atoms with van der Waals surface area (Å²) in [5, 5.41) is 6.76. The molecule has 0 spiro atoms. The Morgan fingerprint density at radius 3 is 2.87 bits per heavy atom. The van der Waals surface area contributed by atoms with Crippen LogP contribution >= 0.6 is 0 Å². The molecule has 0 unspecified atom stereocenters. The van der Waals surface area contributed by atoms with Gasteiger partial charge >= 0.3 is 0 Å². The summed E-state index contributed by atoms with van der Waals surface area (Å²) >= 11 is 0. The van der Waals surface area contributed by atoms with Crippen LogP contribution in [0.2, 0.25) is 0 Å². The standard InChI is InChI=1S/C15H15N7O/c23-15-12-8-22(7-10-3-18-19-4-10)2-1-13(12)20-14(21-15)11-5-16-9-17-6-11/h3-6,9H,1-2,7-8H2,(H,18,19)(H,20,21,23). The van der Waals surface area contributed by atoms with Crippen molar-refractivity contribution < 1.29 is 0 Å². The van der Waals surface area contributed by atoms with Crippen molar-refractivity contribution in [2.75, 3.05) is 6.54 Å². The minimum absolute atomic E-state index is 0.0919. The molecule has 2 N–H and O–H groups in total. The summed E-state index contributed by atoms with van der Waals surface area (Å²) in [5.74, 6) is 0.526. The van der Waals surface area contributed by atoms with Gasteiger partial charge in [-0.2, -0.15) is 5.10 Å². The third-order valence-electron chi connectivity index (χ3n) is 3.94. The number of rotatable bonds is 3. The lowest BCUT2D eigenvalue weighted by atomic mass is 10.1. The van der Waals surface area contributed by atoms with Crippen molar-refractivity contribution >= 4 is 0 Å². The largest absolute Gasteiger partial charge is 0.306 e. The SMILES string of the molecule is O=c1[nH]c(-c2cncnc2)nc2c1CN(Cc1cn[nH]c1)CC2. The third kappa shape index (κ3) is 2.76. The zero-order valence-corrected chi connectivity index (χ0v) is 12.4. The Hall–Kier alpha value is -2.87. The maximum absolute atomic E-state index is 12.4. The average Bonchev–Trinajstić information content (AvgIpc) is 3.09. The van der Waals surface area contributed by atoms with Crippen LogP contribution in [0.4, 0.5) is 0 Å². The molecular weight excluding hydrogens is 294 g/mol. The van der Waals surface area contributed by atoms with Gasteiger partial charge < -0.3 is 4.98 Å². The molecule has 8 nitrogen and oxygen atoms in total. The van der Waals surface area contributed by atoms with Gasteiger partial charge in [-0.05, 0) is 0 Å². The molecule has 116 valence electrons. The van der Waals surface area contributed by atoms with E-state index in [1.165, 1.54) is 6.33 Å².